The summed E-state index contributed by atoms with van der Waals surface area (Å²) < 4.78 is 5.90. The summed E-state index contributed by atoms with van der Waals surface area (Å²) >= 11 is 0. The number of ether oxygens (including phenoxy) is 1. The molecule has 20 heavy (non-hydrogen) atoms. The molecule has 1 aliphatic carbocycles. The Hall–Kier alpha value is -1.04. The van der Waals surface area contributed by atoms with Gasteiger partial charge in [0.2, 0.25) is 0 Å². The molecule has 1 unspecified atom stereocenters. The number of likely N-dealkylation sites (N-methyl/N-ethyl adjacent to an activating group) is 1. The highest BCUT2D eigenvalue weighted by Gasteiger charge is 2.32. The average molecular weight is 274 g/mol. The van der Waals surface area contributed by atoms with Crippen molar-refractivity contribution < 1.29 is 4.74 Å². The molecule has 5 nitrogen and oxygen atoms in total. The van der Waals surface area contributed by atoms with Gasteiger partial charge in [-0.25, -0.2) is 9.97 Å². The standard InChI is InChI=1S/C15H22N4O/c1-19-6-7-20-13(9-19)15-17-12-4-5-16-8-11(12)14(18-15)10-2-3-10/h10,13,16H,2-9H2,1H3. The van der Waals surface area contributed by atoms with E-state index in [0.717, 1.165) is 45.0 Å². The molecule has 3 aliphatic rings. The molecule has 5 heteroatoms. The van der Waals surface area contributed by atoms with Crippen molar-refractivity contribution in [2.24, 2.45) is 0 Å². The first-order valence-electron chi connectivity index (χ1n) is 7.71. The Bertz CT molecular complexity index is 515. The second kappa shape index (κ2) is 5.06. The fourth-order valence-electron chi connectivity index (χ4n) is 3.16. The summed E-state index contributed by atoms with van der Waals surface area (Å²) in [5, 5.41) is 3.45. The molecule has 2 aliphatic heterocycles. The van der Waals surface area contributed by atoms with Crippen LogP contribution in [0.3, 0.4) is 0 Å². The third kappa shape index (κ3) is 2.34. The summed E-state index contributed by atoms with van der Waals surface area (Å²) in [6, 6.07) is 0. The number of rotatable bonds is 2. The smallest absolute Gasteiger partial charge is 0.158 e. The maximum absolute atomic E-state index is 5.90. The maximum atomic E-state index is 5.90. The van der Waals surface area contributed by atoms with Gasteiger partial charge in [0.05, 0.1) is 18.0 Å². The van der Waals surface area contributed by atoms with Crippen molar-refractivity contribution in [2.45, 2.75) is 37.8 Å². The van der Waals surface area contributed by atoms with Crippen molar-refractivity contribution in [1.82, 2.24) is 20.2 Å². The van der Waals surface area contributed by atoms with Crippen molar-refractivity contribution in [3.8, 4) is 0 Å². The molecule has 1 aromatic heterocycles. The molecule has 0 bridgehead atoms. The normalized spacial score (nSPS) is 27.4. The minimum Gasteiger partial charge on any atom is -0.368 e. The van der Waals surface area contributed by atoms with E-state index in [2.05, 4.69) is 17.3 Å². The molecule has 4 rings (SSSR count). The predicted molar refractivity (Wildman–Crippen MR) is 75.6 cm³/mol. The number of aromatic nitrogens is 2. The van der Waals surface area contributed by atoms with E-state index in [1.54, 1.807) is 0 Å². The SMILES string of the molecule is CN1CCOC(c2nc3c(c(C4CC4)n2)CNCC3)C1. The molecule has 0 spiro atoms. The van der Waals surface area contributed by atoms with Gasteiger partial charge in [-0.15, -0.1) is 0 Å². The molecule has 0 amide bonds. The summed E-state index contributed by atoms with van der Waals surface area (Å²) in [6.07, 6.45) is 3.64. The summed E-state index contributed by atoms with van der Waals surface area (Å²) in [4.78, 5) is 12.0. The molecule has 1 saturated heterocycles. The monoisotopic (exact) mass is 274 g/mol. The zero-order valence-electron chi connectivity index (χ0n) is 12.1. The van der Waals surface area contributed by atoms with Crippen LogP contribution in [0.4, 0.5) is 0 Å². The first-order valence-corrected chi connectivity index (χ1v) is 7.71. The topological polar surface area (TPSA) is 50.3 Å². The number of nitrogens with zero attached hydrogens (tertiary/aromatic N) is 3. The number of nitrogens with one attached hydrogen (secondary N) is 1. The number of morpholine rings is 1. The van der Waals surface area contributed by atoms with E-state index in [9.17, 15) is 0 Å². The number of fused-ring (bicyclic) bond motifs is 1. The molecule has 3 heterocycles. The zero-order chi connectivity index (χ0) is 13.5. The molecule has 1 aromatic rings. The molecule has 0 aromatic carbocycles. The van der Waals surface area contributed by atoms with E-state index < -0.39 is 0 Å². The highest BCUT2D eigenvalue weighted by Crippen LogP contribution is 2.42. The van der Waals surface area contributed by atoms with E-state index in [0.29, 0.717) is 5.92 Å². The fourth-order valence-corrected chi connectivity index (χ4v) is 3.16. The second-order valence-corrected chi connectivity index (χ2v) is 6.22. The van der Waals surface area contributed by atoms with Crippen molar-refractivity contribution in [3.05, 3.63) is 22.8 Å². The summed E-state index contributed by atoms with van der Waals surface area (Å²) in [5.41, 5.74) is 3.92. The Morgan fingerprint density at radius 3 is 3.00 bits per heavy atom. The van der Waals surface area contributed by atoms with E-state index in [1.165, 1.54) is 29.8 Å². The van der Waals surface area contributed by atoms with E-state index in [-0.39, 0.29) is 6.10 Å². The maximum Gasteiger partial charge on any atom is 0.158 e. The van der Waals surface area contributed by atoms with Gasteiger partial charge in [-0.3, -0.25) is 0 Å². The largest absolute Gasteiger partial charge is 0.368 e. The quantitative estimate of drug-likeness (QED) is 0.872. The first-order chi connectivity index (χ1) is 9.81. The third-order valence-electron chi connectivity index (χ3n) is 4.50. The van der Waals surface area contributed by atoms with Crippen molar-refractivity contribution >= 4 is 0 Å². The fraction of sp³-hybridized carbons (Fsp3) is 0.733. The highest BCUT2D eigenvalue weighted by molar-refractivity contribution is 5.33. The van der Waals surface area contributed by atoms with Gasteiger partial charge in [0, 0.05) is 44.1 Å². The molecule has 0 radical (unpaired) electrons. The van der Waals surface area contributed by atoms with Crippen molar-refractivity contribution in [2.75, 3.05) is 33.3 Å². The van der Waals surface area contributed by atoms with Crippen LogP contribution in [0, 0.1) is 0 Å². The van der Waals surface area contributed by atoms with Gasteiger partial charge < -0.3 is 15.0 Å². The number of hydrogen-bond donors (Lipinski definition) is 1. The first kappa shape index (κ1) is 12.7. The average Bonchev–Trinajstić information content (AvgIpc) is 3.31. The Kier molecular flexibility index (Phi) is 3.21. The molecule has 1 atom stereocenters. The summed E-state index contributed by atoms with van der Waals surface area (Å²) in [5.74, 6) is 1.59. The molecule has 108 valence electrons. The molecular weight excluding hydrogens is 252 g/mol. The van der Waals surface area contributed by atoms with Crippen LogP contribution in [0.5, 0.6) is 0 Å². The second-order valence-electron chi connectivity index (χ2n) is 6.22. The van der Waals surface area contributed by atoms with Gasteiger partial charge in [0.1, 0.15) is 6.10 Å². The van der Waals surface area contributed by atoms with Gasteiger partial charge in [0.15, 0.2) is 5.82 Å². The molecule has 1 N–H and O–H groups in total. The lowest BCUT2D eigenvalue weighted by atomic mass is 10.0. The summed E-state index contributed by atoms with van der Waals surface area (Å²) in [7, 11) is 2.14. The minimum atomic E-state index is 0.0476. The predicted octanol–water partition coefficient (Wildman–Crippen LogP) is 1.00. The van der Waals surface area contributed by atoms with Gasteiger partial charge in [-0.2, -0.15) is 0 Å². The number of hydrogen-bond acceptors (Lipinski definition) is 5. The van der Waals surface area contributed by atoms with Crippen LogP contribution in [-0.2, 0) is 17.7 Å². The Labute approximate surface area is 119 Å². The van der Waals surface area contributed by atoms with Crippen molar-refractivity contribution in [3.63, 3.8) is 0 Å². The Morgan fingerprint density at radius 2 is 2.20 bits per heavy atom. The van der Waals surface area contributed by atoms with Gasteiger partial charge in [0.25, 0.3) is 0 Å². The Balaban J connectivity index is 1.70. The van der Waals surface area contributed by atoms with E-state index >= 15 is 0 Å². The van der Waals surface area contributed by atoms with Crippen LogP contribution in [0.25, 0.3) is 0 Å². The van der Waals surface area contributed by atoms with Crippen LogP contribution < -0.4 is 5.32 Å². The minimum absolute atomic E-state index is 0.0476. The lowest BCUT2D eigenvalue weighted by Crippen LogP contribution is -2.36. The van der Waals surface area contributed by atoms with E-state index in [4.69, 9.17) is 14.7 Å². The van der Waals surface area contributed by atoms with Crippen LogP contribution in [0.1, 0.15) is 47.6 Å². The lowest BCUT2D eigenvalue weighted by Gasteiger charge is -2.30. The van der Waals surface area contributed by atoms with Crippen LogP contribution in [-0.4, -0.2) is 48.2 Å². The molecular formula is C15H22N4O. The van der Waals surface area contributed by atoms with Crippen LogP contribution in [0.2, 0.25) is 0 Å². The molecule has 1 saturated carbocycles. The van der Waals surface area contributed by atoms with Gasteiger partial charge >= 0.3 is 0 Å². The zero-order valence-corrected chi connectivity index (χ0v) is 12.1. The Morgan fingerprint density at radius 1 is 1.30 bits per heavy atom. The highest BCUT2D eigenvalue weighted by atomic mass is 16.5. The molecule has 2 fully saturated rings. The van der Waals surface area contributed by atoms with E-state index in [1.807, 2.05) is 0 Å². The van der Waals surface area contributed by atoms with Crippen LogP contribution >= 0.6 is 0 Å². The van der Waals surface area contributed by atoms with Crippen LogP contribution in [0.15, 0.2) is 0 Å². The third-order valence-corrected chi connectivity index (χ3v) is 4.50. The summed E-state index contributed by atoms with van der Waals surface area (Å²) in [6.45, 7) is 4.65. The van der Waals surface area contributed by atoms with Gasteiger partial charge in [-0.05, 0) is 19.9 Å². The van der Waals surface area contributed by atoms with Gasteiger partial charge in [-0.1, -0.05) is 0 Å². The van der Waals surface area contributed by atoms with Crippen molar-refractivity contribution in [1.29, 1.82) is 0 Å². The lowest BCUT2D eigenvalue weighted by molar-refractivity contribution is -0.0257.